The van der Waals surface area contributed by atoms with Gasteiger partial charge in [0, 0.05) is 0 Å². The maximum Gasteiger partial charge on any atom is 3.00 e. The van der Waals surface area contributed by atoms with Crippen LogP contribution >= 0.6 is 11.8 Å². The minimum absolute atomic E-state index is 0. The molecule has 0 fully saturated rings. The molecule has 0 aliphatic heterocycles. The van der Waals surface area contributed by atoms with Gasteiger partial charge in [-0.1, -0.05) is 6.92 Å². The van der Waals surface area contributed by atoms with Gasteiger partial charge in [0.1, 0.15) is 0 Å². The Bertz CT molecular complexity index is 134. The van der Waals surface area contributed by atoms with Crippen LogP contribution in [0.5, 0.6) is 0 Å². The Morgan fingerprint density at radius 3 is 2.55 bits per heavy atom. The van der Waals surface area contributed by atoms with Crippen LogP contribution in [0, 0.1) is 6.08 Å². The van der Waals surface area contributed by atoms with Gasteiger partial charge in [-0.25, -0.2) is 6.08 Å². The molecular weight excluding hydrogens is 235 g/mol. The summed E-state index contributed by atoms with van der Waals surface area (Å²) in [5.74, 6) is 1.16. The van der Waals surface area contributed by atoms with Crippen LogP contribution in [0.4, 0.5) is 0 Å². The first-order valence-electron chi connectivity index (χ1n) is 2.83. The molecule has 11 heavy (non-hydrogen) atoms. The van der Waals surface area contributed by atoms with Gasteiger partial charge in [0.25, 0.3) is 0 Å². The van der Waals surface area contributed by atoms with Gasteiger partial charge in [0.15, 0.2) is 0 Å². The van der Waals surface area contributed by atoms with E-state index in [2.05, 4.69) is 25.2 Å². The minimum Gasteiger partial charge on any atom is -1.00 e. The molecule has 1 radical (unpaired) electrons. The molecule has 1 rings (SSSR count). The van der Waals surface area contributed by atoms with Crippen molar-refractivity contribution in [1.82, 2.24) is 0 Å². The molecule has 61 valence electrons. The Balaban J connectivity index is -0.000000213. The van der Waals surface area contributed by atoms with Crippen molar-refractivity contribution in [2.24, 2.45) is 0 Å². The summed E-state index contributed by atoms with van der Waals surface area (Å²) in [4.78, 5) is 1.31. The normalized spacial score (nSPS) is 12.3. The SMILES string of the molecule is CCSC1=[C-]CC=C1.[Cl-].[Cl-].[Ti+3]. The van der Waals surface area contributed by atoms with Crippen LogP contribution in [0.3, 0.4) is 0 Å². The van der Waals surface area contributed by atoms with Crippen LogP contribution in [0.2, 0.25) is 0 Å². The summed E-state index contributed by atoms with van der Waals surface area (Å²) >= 11 is 1.86. The molecule has 0 amide bonds. The molecule has 0 aromatic heterocycles. The second-order valence-corrected chi connectivity index (χ2v) is 2.89. The molecule has 1 aliphatic rings. The summed E-state index contributed by atoms with van der Waals surface area (Å²) in [5, 5.41) is 0. The Hall–Kier alpha value is 1.12. The van der Waals surface area contributed by atoms with Gasteiger partial charge < -0.3 is 24.8 Å². The molecule has 0 aromatic rings. The fraction of sp³-hybridized carbons (Fsp3) is 0.429. The van der Waals surface area contributed by atoms with Crippen LogP contribution in [0.15, 0.2) is 17.1 Å². The number of thioether (sulfide) groups is 1. The van der Waals surface area contributed by atoms with Crippen LogP contribution in [0.1, 0.15) is 13.3 Å². The Morgan fingerprint density at radius 2 is 2.18 bits per heavy atom. The summed E-state index contributed by atoms with van der Waals surface area (Å²) in [6.07, 6.45) is 8.51. The van der Waals surface area contributed by atoms with E-state index >= 15 is 0 Å². The molecule has 1 aliphatic carbocycles. The van der Waals surface area contributed by atoms with Crippen molar-refractivity contribution in [3.63, 3.8) is 0 Å². The van der Waals surface area contributed by atoms with Crippen LogP contribution in [-0.2, 0) is 21.7 Å². The molecule has 0 spiro atoms. The number of hydrogen-bond acceptors (Lipinski definition) is 1. The van der Waals surface area contributed by atoms with E-state index in [1.165, 1.54) is 4.91 Å². The van der Waals surface area contributed by atoms with E-state index in [1.54, 1.807) is 0 Å². The zero-order chi connectivity index (χ0) is 5.82. The van der Waals surface area contributed by atoms with Crippen molar-refractivity contribution in [2.45, 2.75) is 13.3 Å². The van der Waals surface area contributed by atoms with Gasteiger partial charge in [-0.05, 0) is 5.75 Å². The molecule has 4 heteroatoms. The van der Waals surface area contributed by atoms with E-state index in [4.69, 9.17) is 0 Å². The third-order valence-corrected chi connectivity index (χ3v) is 1.84. The van der Waals surface area contributed by atoms with Gasteiger partial charge >= 0.3 is 21.7 Å². The van der Waals surface area contributed by atoms with Crippen molar-refractivity contribution in [3.8, 4) is 0 Å². The molecule has 0 aromatic carbocycles. The number of halogens is 2. The monoisotopic (exact) mass is 243 g/mol. The maximum absolute atomic E-state index is 3.23. The molecule has 0 saturated carbocycles. The number of hydrogen-bond donors (Lipinski definition) is 0. The summed E-state index contributed by atoms with van der Waals surface area (Å²) in [5.41, 5.74) is 0. The molecule has 0 saturated heterocycles. The van der Waals surface area contributed by atoms with Crippen LogP contribution in [-0.4, -0.2) is 5.75 Å². The molecule has 0 unspecified atom stereocenters. The summed E-state index contributed by atoms with van der Waals surface area (Å²) in [6, 6.07) is 0. The van der Waals surface area contributed by atoms with Gasteiger partial charge in [-0.15, -0.1) is 6.42 Å². The van der Waals surface area contributed by atoms with Gasteiger partial charge in [-0.3, -0.25) is 6.08 Å². The number of rotatable bonds is 2. The second-order valence-electron chi connectivity index (χ2n) is 1.58. The quantitative estimate of drug-likeness (QED) is 0.357. The molecule has 0 nitrogen and oxygen atoms in total. The standard InChI is InChI=1S/C7H9S.2ClH.Ti/c1-2-8-7-5-3-4-6-7;;;/h3,5H,2,4H2,1H3;2*1H;/q-1;;;+3/p-2. The van der Waals surface area contributed by atoms with E-state index in [-0.39, 0.29) is 46.5 Å². The predicted octanol–water partition coefficient (Wildman–Crippen LogP) is -3.61. The average Bonchev–Trinajstić information content (AvgIpc) is 2.19. The first-order chi connectivity index (χ1) is 3.93. The zero-order valence-corrected chi connectivity index (χ0v) is 10.1. The first-order valence-corrected chi connectivity index (χ1v) is 3.82. The van der Waals surface area contributed by atoms with Gasteiger partial charge in [0.05, 0.1) is 0 Å². The smallest absolute Gasteiger partial charge is 1.00 e. The van der Waals surface area contributed by atoms with Crippen molar-refractivity contribution < 1.29 is 46.5 Å². The second kappa shape index (κ2) is 11.1. The molecule has 0 bridgehead atoms. The van der Waals surface area contributed by atoms with E-state index in [0.717, 1.165) is 12.2 Å². The minimum atomic E-state index is 0. The largest absolute Gasteiger partial charge is 3.00 e. The molecule has 0 heterocycles. The van der Waals surface area contributed by atoms with Crippen molar-refractivity contribution in [1.29, 1.82) is 0 Å². The Morgan fingerprint density at radius 1 is 1.55 bits per heavy atom. The summed E-state index contributed by atoms with van der Waals surface area (Å²) in [6.45, 7) is 2.16. The van der Waals surface area contributed by atoms with E-state index in [9.17, 15) is 0 Å². The van der Waals surface area contributed by atoms with Crippen LogP contribution in [0.25, 0.3) is 0 Å². The molecule has 0 N–H and O–H groups in total. The maximum atomic E-state index is 3.23. The fourth-order valence-electron chi connectivity index (χ4n) is 0.639. The fourth-order valence-corrected chi connectivity index (χ4v) is 1.33. The summed E-state index contributed by atoms with van der Waals surface area (Å²) < 4.78 is 0. The van der Waals surface area contributed by atoms with Crippen molar-refractivity contribution in [2.75, 3.05) is 5.75 Å². The summed E-state index contributed by atoms with van der Waals surface area (Å²) in [7, 11) is 0. The third kappa shape index (κ3) is 7.48. The van der Waals surface area contributed by atoms with Crippen molar-refractivity contribution >= 4 is 11.8 Å². The van der Waals surface area contributed by atoms with Gasteiger partial charge in [0.2, 0.25) is 0 Å². The molecule has 0 atom stereocenters. The Kier molecular flexibility index (Phi) is 18.2. The third-order valence-electron chi connectivity index (χ3n) is 0.963. The average molecular weight is 244 g/mol. The zero-order valence-electron chi connectivity index (χ0n) is 6.23. The topological polar surface area (TPSA) is 0 Å². The molecular formula is C7H9Cl2STi. The van der Waals surface area contributed by atoms with Crippen LogP contribution < -0.4 is 24.8 Å². The van der Waals surface area contributed by atoms with E-state index in [0.29, 0.717) is 0 Å². The Labute approximate surface area is 100.0 Å². The van der Waals surface area contributed by atoms with E-state index < -0.39 is 0 Å². The van der Waals surface area contributed by atoms with Crippen molar-refractivity contribution in [3.05, 3.63) is 23.1 Å². The predicted molar refractivity (Wildman–Crippen MR) is 38.6 cm³/mol. The first kappa shape index (κ1) is 18.0. The van der Waals surface area contributed by atoms with Gasteiger partial charge in [-0.2, -0.15) is 22.7 Å². The van der Waals surface area contributed by atoms with E-state index in [1.807, 2.05) is 11.8 Å². The number of allylic oxidation sites excluding steroid dienone is 3.